The van der Waals surface area contributed by atoms with E-state index in [2.05, 4.69) is 19.2 Å². The summed E-state index contributed by atoms with van der Waals surface area (Å²) in [5, 5.41) is 13.9. The van der Waals surface area contributed by atoms with Crippen molar-refractivity contribution in [3.8, 4) is 11.5 Å². The number of nitrogens with one attached hydrogen (secondary N) is 1. The molecular formula is C19H27N5O2. The molecule has 3 fully saturated rings. The Hall–Kier alpha value is -1.89. The topological polar surface area (TPSA) is 85.0 Å². The number of hydrogen-bond donors (Lipinski definition) is 2. The monoisotopic (exact) mass is 357 g/mol. The van der Waals surface area contributed by atoms with Gasteiger partial charge < -0.3 is 10.4 Å². The molecule has 6 rings (SSSR count). The first kappa shape index (κ1) is 16.3. The molecule has 3 heterocycles. The number of aromatic nitrogens is 4. The van der Waals surface area contributed by atoms with Crippen molar-refractivity contribution >= 4 is 5.82 Å². The summed E-state index contributed by atoms with van der Waals surface area (Å²) in [7, 11) is 0. The van der Waals surface area contributed by atoms with E-state index in [0.29, 0.717) is 6.54 Å². The molecule has 3 aliphatic carbocycles. The number of fused-ring (bicyclic) bond motifs is 6. The predicted octanol–water partition coefficient (Wildman–Crippen LogP) is 2.28. The second-order valence-corrected chi connectivity index (χ2v) is 8.61. The second-order valence-electron chi connectivity index (χ2n) is 8.61. The molecular weight excluding hydrogens is 330 g/mol. The van der Waals surface area contributed by atoms with E-state index in [1.165, 1.54) is 0 Å². The third-order valence-electron chi connectivity index (χ3n) is 6.93. The maximum absolute atomic E-state index is 13.0. The minimum Gasteiger partial charge on any atom is -0.390 e. The zero-order valence-corrected chi connectivity index (χ0v) is 15.6. The number of anilines is 1. The van der Waals surface area contributed by atoms with Gasteiger partial charge in [0, 0.05) is 18.5 Å². The summed E-state index contributed by atoms with van der Waals surface area (Å²) in [5.41, 5.74) is 0.348. The van der Waals surface area contributed by atoms with Crippen LogP contribution in [-0.4, -0.2) is 36.4 Å². The van der Waals surface area contributed by atoms with E-state index in [-0.39, 0.29) is 17.1 Å². The van der Waals surface area contributed by atoms with Crippen molar-refractivity contribution in [2.45, 2.75) is 82.4 Å². The summed E-state index contributed by atoms with van der Waals surface area (Å²) in [6.45, 7) is 5.55. The Bertz CT molecular complexity index is 874. The van der Waals surface area contributed by atoms with Crippen LogP contribution in [0, 0.1) is 0 Å². The van der Waals surface area contributed by atoms with Crippen LogP contribution in [0.3, 0.4) is 0 Å². The average molecular weight is 357 g/mol. The van der Waals surface area contributed by atoms with Crippen LogP contribution >= 0.6 is 0 Å². The summed E-state index contributed by atoms with van der Waals surface area (Å²) in [6.07, 6.45) is 6.22. The lowest BCUT2D eigenvalue weighted by molar-refractivity contribution is -0.0677. The Morgan fingerprint density at radius 1 is 1.19 bits per heavy atom. The van der Waals surface area contributed by atoms with Crippen molar-refractivity contribution in [3.63, 3.8) is 0 Å². The summed E-state index contributed by atoms with van der Waals surface area (Å²) < 4.78 is 3.64. The molecule has 7 nitrogen and oxygen atoms in total. The van der Waals surface area contributed by atoms with E-state index >= 15 is 0 Å². The number of rotatable bonds is 3. The fourth-order valence-electron chi connectivity index (χ4n) is 5.19. The first-order valence-corrected chi connectivity index (χ1v) is 9.96. The molecule has 0 amide bonds. The molecule has 2 bridgehead atoms. The number of imidazole rings is 1. The summed E-state index contributed by atoms with van der Waals surface area (Å²) >= 11 is 0. The Morgan fingerprint density at radius 3 is 2.54 bits per heavy atom. The molecule has 0 saturated heterocycles. The summed E-state index contributed by atoms with van der Waals surface area (Å²) in [6, 6.07) is 0.127. The third kappa shape index (κ3) is 2.06. The highest BCUT2D eigenvalue weighted by Crippen LogP contribution is 2.53. The molecule has 6 aliphatic rings. The average Bonchev–Trinajstić information content (AvgIpc) is 3.24. The number of hydrogen-bond acceptors (Lipinski definition) is 5. The quantitative estimate of drug-likeness (QED) is 0.880. The van der Waals surface area contributed by atoms with Gasteiger partial charge in [-0.1, -0.05) is 6.92 Å². The van der Waals surface area contributed by atoms with Gasteiger partial charge in [-0.15, -0.1) is 0 Å². The summed E-state index contributed by atoms with van der Waals surface area (Å²) in [4.78, 5) is 23.0. The standard InChI is InChI=1S/C19H27N5O2/c1-3-10-23-15-13(14-20-11-12(2)24(14)17(23)25)21-16(22-15)18-4-7-19(26,8-5-18)9-6-18/h12,20,26H,3-11H2,1-2H3/t12-,18?,19?/m0/s1. The molecule has 3 saturated carbocycles. The molecule has 0 aromatic carbocycles. The molecule has 0 radical (unpaired) electrons. The molecule has 0 aromatic heterocycles. The predicted molar refractivity (Wildman–Crippen MR) is 98.7 cm³/mol. The van der Waals surface area contributed by atoms with Gasteiger partial charge in [-0.2, -0.15) is 0 Å². The van der Waals surface area contributed by atoms with Crippen LogP contribution in [0.15, 0.2) is 4.79 Å². The van der Waals surface area contributed by atoms with Gasteiger partial charge in [-0.25, -0.2) is 14.8 Å². The van der Waals surface area contributed by atoms with Gasteiger partial charge >= 0.3 is 5.69 Å². The first-order chi connectivity index (χ1) is 12.5. The largest absolute Gasteiger partial charge is 0.390 e. The van der Waals surface area contributed by atoms with Gasteiger partial charge in [0.1, 0.15) is 17.3 Å². The molecule has 1 atom stereocenters. The van der Waals surface area contributed by atoms with Gasteiger partial charge in [-0.05, 0) is 51.9 Å². The van der Waals surface area contributed by atoms with Crippen molar-refractivity contribution in [2.75, 3.05) is 11.9 Å². The smallest absolute Gasteiger partial charge is 0.331 e. The third-order valence-corrected chi connectivity index (χ3v) is 6.93. The zero-order valence-electron chi connectivity index (χ0n) is 15.6. The highest BCUT2D eigenvalue weighted by molar-refractivity contribution is 5.70. The Balaban J connectivity index is 1.70. The van der Waals surface area contributed by atoms with Crippen LogP contribution in [0.4, 0.5) is 5.82 Å². The van der Waals surface area contributed by atoms with Crippen molar-refractivity contribution in [2.24, 2.45) is 0 Å². The van der Waals surface area contributed by atoms with Gasteiger partial charge in [0.2, 0.25) is 0 Å². The lowest BCUT2D eigenvalue weighted by atomic mass is 9.58. The molecule has 140 valence electrons. The van der Waals surface area contributed by atoms with Crippen molar-refractivity contribution in [3.05, 3.63) is 16.3 Å². The lowest BCUT2D eigenvalue weighted by Crippen LogP contribution is -2.48. The Morgan fingerprint density at radius 2 is 1.88 bits per heavy atom. The van der Waals surface area contributed by atoms with Crippen LogP contribution in [-0.2, 0) is 12.0 Å². The Labute approximate surface area is 152 Å². The number of nitrogens with zero attached hydrogens (tertiary/aromatic N) is 4. The molecule has 0 unspecified atom stereocenters. The maximum Gasteiger partial charge on any atom is 0.331 e. The Kier molecular flexibility index (Phi) is 3.33. The zero-order chi connectivity index (χ0) is 18.1. The van der Waals surface area contributed by atoms with Crippen molar-refractivity contribution in [1.82, 2.24) is 19.1 Å². The van der Waals surface area contributed by atoms with E-state index in [1.54, 1.807) is 4.57 Å². The fourth-order valence-corrected chi connectivity index (χ4v) is 5.19. The highest BCUT2D eigenvalue weighted by atomic mass is 16.3. The van der Waals surface area contributed by atoms with Crippen molar-refractivity contribution in [1.29, 1.82) is 0 Å². The molecule has 7 heteroatoms. The van der Waals surface area contributed by atoms with E-state index < -0.39 is 5.60 Å². The van der Waals surface area contributed by atoms with Gasteiger partial charge in [0.25, 0.3) is 0 Å². The molecule has 26 heavy (non-hydrogen) atoms. The molecule has 0 aromatic rings. The molecule has 2 N–H and O–H groups in total. The van der Waals surface area contributed by atoms with Crippen LogP contribution < -0.4 is 11.0 Å². The van der Waals surface area contributed by atoms with Crippen LogP contribution in [0.25, 0.3) is 11.5 Å². The normalized spacial score (nSPS) is 32.8. The second kappa shape index (κ2) is 5.31. The summed E-state index contributed by atoms with van der Waals surface area (Å²) in [5.74, 6) is 2.43. The minimum atomic E-state index is -0.466. The van der Waals surface area contributed by atoms with Gasteiger partial charge in [0.05, 0.1) is 11.6 Å². The van der Waals surface area contributed by atoms with Crippen LogP contribution in [0.1, 0.15) is 70.7 Å². The van der Waals surface area contributed by atoms with E-state index in [1.807, 2.05) is 4.57 Å². The fraction of sp³-hybridized carbons (Fsp3) is 0.737. The SMILES string of the molecule is CCCn1c2nc(C34CCC(O)(CC3)CC4)nc-2c2n(c1=O)[C@@H](C)CN2. The van der Waals surface area contributed by atoms with Crippen LogP contribution in [0.5, 0.6) is 0 Å². The molecule has 0 spiro atoms. The van der Waals surface area contributed by atoms with E-state index in [4.69, 9.17) is 9.97 Å². The first-order valence-electron chi connectivity index (χ1n) is 9.96. The van der Waals surface area contributed by atoms with E-state index in [0.717, 1.165) is 74.7 Å². The minimum absolute atomic E-state index is 0.0115. The maximum atomic E-state index is 13.0. The highest BCUT2D eigenvalue weighted by Gasteiger charge is 2.51. The van der Waals surface area contributed by atoms with Gasteiger partial charge in [-0.3, -0.25) is 9.13 Å². The lowest BCUT2D eigenvalue weighted by Gasteiger charge is -2.49. The van der Waals surface area contributed by atoms with Gasteiger partial charge in [0.15, 0.2) is 5.82 Å². The molecule has 3 aliphatic heterocycles. The number of aliphatic hydroxyl groups is 1. The van der Waals surface area contributed by atoms with Crippen molar-refractivity contribution < 1.29 is 5.11 Å². The van der Waals surface area contributed by atoms with E-state index in [9.17, 15) is 9.90 Å². The van der Waals surface area contributed by atoms with Crippen LogP contribution in [0.2, 0.25) is 0 Å².